The van der Waals surface area contributed by atoms with Gasteiger partial charge in [0.05, 0.1) is 35.8 Å². The second-order valence-corrected chi connectivity index (χ2v) is 10.6. The average molecular weight is 525 g/mol. The number of rotatable bonds is 4. The van der Waals surface area contributed by atoms with Gasteiger partial charge in [0, 0.05) is 54.0 Å². The molecular weight excluding hydrogens is 500 g/mol. The van der Waals surface area contributed by atoms with Crippen molar-refractivity contribution in [2.45, 2.75) is 30.6 Å². The van der Waals surface area contributed by atoms with Crippen LogP contribution in [0.1, 0.15) is 17.7 Å². The summed E-state index contributed by atoms with van der Waals surface area (Å²) in [6.45, 7) is 2.29. The summed E-state index contributed by atoms with van der Waals surface area (Å²) in [4.78, 5) is 26.6. The number of fused-ring (bicyclic) bond motifs is 2. The molecule has 0 spiro atoms. The van der Waals surface area contributed by atoms with Crippen molar-refractivity contribution in [1.82, 2.24) is 14.9 Å². The molecule has 9 nitrogen and oxygen atoms in total. The van der Waals surface area contributed by atoms with Crippen molar-refractivity contribution >= 4 is 51.1 Å². The Labute approximate surface area is 217 Å². The number of hydrogen-bond acceptors (Lipinski definition) is 7. The number of carboxylic acid groups (broad SMARTS) is 1. The average Bonchev–Trinajstić information content (AvgIpc) is 2.87. The highest BCUT2D eigenvalue weighted by Gasteiger charge is 2.34. The smallest absolute Gasteiger partial charge is 0.407 e. The van der Waals surface area contributed by atoms with Crippen molar-refractivity contribution in [3.63, 3.8) is 0 Å². The van der Waals surface area contributed by atoms with Crippen LogP contribution < -0.4 is 9.80 Å². The molecule has 1 unspecified atom stereocenters. The van der Waals surface area contributed by atoms with Crippen LogP contribution in [0.25, 0.3) is 10.8 Å². The van der Waals surface area contributed by atoms with E-state index >= 15 is 0 Å². The molecule has 0 saturated carbocycles. The van der Waals surface area contributed by atoms with Crippen LogP contribution in [0, 0.1) is 11.3 Å². The molecule has 2 aromatic carbocycles. The summed E-state index contributed by atoms with van der Waals surface area (Å²) in [6.07, 6.45) is 1.29. The number of halogens is 1. The summed E-state index contributed by atoms with van der Waals surface area (Å²) in [5, 5.41) is 21.8. The summed E-state index contributed by atoms with van der Waals surface area (Å²) in [7, 11) is 0. The number of amides is 1. The molecule has 3 heterocycles. The number of piperazine rings is 1. The molecule has 3 aromatic rings. The van der Waals surface area contributed by atoms with Gasteiger partial charge in [0.1, 0.15) is 12.1 Å². The first-order chi connectivity index (χ1) is 17.4. The number of aromatic nitrogens is 2. The lowest BCUT2D eigenvalue weighted by molar-refractivity contribution is 0.119. The van der Waals surface area contributed by atoms with Gasteiger partial charge in [-0.3, -0.25) is 0 Å². The number of benzene rings is 2. The topological polar surface area (TPSA) is 120 Å². The summed E-state index contributed by atoms with van der Waals surface area (Å²) in [5.74, 6) is 0.689. The monoisotopic (exact) mass is 524 g/mol. The molecule has 0 bridgehead atoms. The minimum atomic E-state index is -1.40. The second-order valence-electron chi connectivity index (χ2n) is 8.93. The summed E-state index contributed by atoms with van der Waals surface area (Å²) >= 11 is 5.19. The van der Waals surface area contributed by atoms with E-state index in [-0.39, 0.29) is 18.1 Å². The molecule has 2 atom stereocenters. The minimum Gasteiger partial charge on any atom is -0.609 e. The van der Waals surface area contributed by atoms with E-state index in [1.54, 1.807) is 6.26 Å². The zero-order valence-corrected chi connectivity index (χ0v) is 21.3. The Balaban J connectivity index is 1.52. The lowest BCUT2D eigenvalue weighted by Crippen LogP contribution is -2.55. The van der Waals surface area contributed by atoms with Crippen LogP contribution in [0.3, 0.4) is 0 Å². The molecule has 11 heteroatoms. The molecule has 0 aliphatic carbocycles. The molecule has 0 radical (unpaired) electrons. The molecule has 1 amide bonds. The zero-order chi connectivity index (χ0) is 25.4. The van der Waals surface area contributed by atoms with E-state index in [0.29, 0.717) is 36.9 Å². The van der Waals surface area contributed by atoms with E-state index < -0.39 is 23.3 Å². The number of nitriles is 1. The van der Waals surface area contributed by atoms with Gasteiger partial charge in [0.2, 0.25) is 0 Å². The van der Waals surface area contributed by atoms with Crippen LogP contribution >= 0.6 is 11.6 Å². The zero-order valence-electron chi connectivity index (χ0n) is 19.7. The lowest BCUT2D eigenvalue weighted by Gasteiger charge is -2.41. The molecule has 36 heavy (non-hydrogen) atoms. The summed E-state index contributed by atoms with van der Waals surface area (Å²) in [5.41, 5.74) is 2.80. The van der Waals surface area contributed by atoms with Gasteiger partial charge in [-0.2, -0.15) is 15.2 Å². The van der Waals surface area contributed by atoms with Crippen molar-refractivity contribution in [3.05, 3.63) is 52.7 Å². The lowest BCUT2D eigenvalue weighted by atomic mass is 10.0. The van der Waals surface area contributed by atoms with Crippen molar-refractivity contribution in [1.29, 1.82) is 5.26 Å². The Morgan fingerprint density at radius 3 is 2.72 bits per heavy atom. The third kappa shape index (κ3) is 4.50. The highest BCUT2D eigenvalue weighted by atomic mass is 35.5. The number of hydrogen-bond donors (Lipinski definition) is 1. The quantitative estimate of drug-likeness (QED) is 0.405. The maximum Gasteiger partial charge on any atom is 0.407 e. The first-order valence-corrected chi connectivity index (χ1v) is 13.6. The molecular formula is C25H25ClN6O3S. The Bertz CT molecular complexity index is 1360. The molecule has 186 valence electrons. The molecule has 2 aliphatic rings. The van der Waals surface area contributed by atoms with Gasteiger partial charge in [-0.25, -0.2) is 4.79 Å². The molecule has 2 aliphatic heterocycles. The SMILES string of the molecule is C[S+]([O-])c1nc2c(c(N3CCN(C(=O)O)[C@@H](CC#N)C3)n1)CCN(c1cccc3cccc(Cl)c13)C2. The molecule has 5 rings (SSSR count). The maximum atomic E-state index is 12.5. The highest BCUT2D eigenvalue weighted by molar-refractivity contribution is 7.90. The predicted molar refractivity (Wildman–Crippen MR) is 139 cm³/mol. The largest absolute Gasteiger partial charge is 0.609 e. The van der Waals surface area contributed by atoms with Gasteiger partial charge in [0.25, 0.3) is 0 Å². The van der Waals surface area contributed by atoms with Crippen molar-refractivity contribution in [3.8, 4) is 6.07 Å². The Morgan fingerprint density at radius 2 is 2.00 bits per heavy atom. The van der Waals surface area contributed by atoms with Crippen molar-refractivity contribution in [2.75, 3.05) is 42.2 Å². The minimum absolute atomic E-state index is 0.0955. The molecule has 1 N–H and O–H groups in total. The van der Waals surface area contributed by atoms with E-state index in [2.05, 4.69) is 27.0 Å². The van der Waals surface area contributed by atoms with E-state index in [1.807, 2.05) is 35.2 Å². The normalized spacial score (nSPS) is 18.6. The molecule has 1 saturated heterocycles. The van der Waals surface area contributed by atoms with E-state index in [0.717, 1.165) is 34.3 Å². The number of nitrogens with zero attached hydrogens (tertiary/aromatic N) is 6. The Kier molecular flexibility index (Phi) is 6.79. The Hall–Kier alpha value is -3.26. The third-order valence-corrected chi connectivity index (χ3v) is 7.82. The van der Waals surface area contributed by atoms with Crippen LogP contribution in [0.2, 0.25) is 5.02 Å². The fourth-order valence-electron chi connectivity index (χ4n) is 5.10. The second kappa shape index (κ2) is 10.0. The fraction of sp³-hybridized carbons (Fsp3) is 0.360. The maximum absolute atomic E-state index is 12.5. The number of anilines is 2. The predicted octanol–water partition coefficient (Wildman–Crippen LogP) is 3.67. The molecule has 1 fully saturated rings. The summed E-state index contributed by atoms with van der Waals surface area (Å²) < 4.78 is 12.5. The van der Waals surface area contributed by atoms with Crippen LogP contribution in [0.5, 0.6) is 0 Å². The van der Waals surface area contributed by atoms with Crippen LogP contribution in [-0.4, -0.2) is 69.1 Å². The third-order valence-electron chi connectivity index (χ3n) is 6.81. The highest BCUT2D eigenvalue weighted by Crippen LogP contribution is 2.37. The van der Waals surface area contributed by atoms with Gasteiger partial charge >= 0.3 is 11.2 Å². The van der Waals surface area contributed by atoms with Gasteiger partial charge in [-0.1, -0.05) is 35.9 Å². The number of carbonyl (C=O) groups is 1. The van der Waals surface area contributed by atoms with Crippen LogP contribution in [-0.2, 0) is 24.1 Å². The molecule has 1 aromatic heterocycles. The van der Waals surface area contributed by atoms with Gasteiger partial charge < -0.3 is 24.4 Å². The van der Waals surface area contributed by atoms with E-state index in [1.165, 1.54) is 4.90 Å². The van der Waals surface area contributed by atoms with Crippen LogP contribution in [0.4, 0.5) is 16.3 Å². The van der Waals surface area contributed by atoms with Crippen LogP contribution in [0.15, 0.2) is 41.6 Å². The first-order valence-electron chi connectivity index (χ1n) is 11.6. The fourth-order valence-corrected chi connectivity index (χ4v) is 5.84. The van der Waals surface area contributed by atoms with Gasteiger partial charge in [-0.15, -0.1) is 0 Å². The summed E-state index contributed by atoms with van der Waals surface area (Å²) in [6, 6.07) is 13.6. The standard InChI is InChI=1S/C25H25ClN6O3S/c1-36(35)24-28-20-15-30(21-7-3-5-16-4-2-6-19(26)22(16)21)11-9-18(20)23(29-24)31-12-13-32(25(33)34)17(14-31)8-10-27/h2-7,17H,8-9,11-15H2,1H3,(H,33,34)/t17-,36?/m0/s1. The Morgan fingerprint density at radius 1 is 1.22 bits per heavy atom. The van der Waals surface area contributed by atoms with E-state index in [4.69, 9.17) is 11.6 Å². The van der Waals surface area contributed by atoms with Crippen molar-refractivity contribution in [2.24, 2.45) is 0 Å². The van der Waals surface area contributed by atoms with Gasteiger partial charge in [0.15, 0.2) is 0 Å². The van der Waals surface area contributed by atoms with E-state index in [9.17, 15) is 19.7 Å². The first kappa shape index (κ1) is 24.4. The van der Waals surface area contributed by atoms with Crippen molar-refractivity contribution < 1.29 is 14.5 Å². The van der Waals surface area contributed by atoms with Gasteiger partial charge in [-0.05, 0) is 23.9 Å².